The van der Waals surface area contributed by atoms with E-state index in [1.807, 2.05) is 0 Å². The van der Waals surface area contributed by atoms with Gasteiger partial charge < -0.3 is 9.84 Å². The molecule has 43 heavy (non-hydrogen) atoms. The van der Waals surface area contributed by atoms with E-state index in [2.05, 4.69) is 9.97 Å². The van der Waals surface area contributed by atoms with Crippen LogP contribution in [0.4, 0.5) is 4.39 Å². The number of fused-ring (bicyclic) bond motifs is 2. The molecule has 15 heteroatoms. The second kappa shape index (κ2) is 11.3. The maximum atomic E-state index is 15.0. The van der Waals surface area contributed by atoms with Crippen LogP contribution in [-0.2, 0) is 16.6 Å². The number of carbonyl (C=O) groups is 1. The van der Waals surface area contributed by atoms with Crippen LogP contribution in [0.15, 0.2) is 51.6 Å². The molecule has 2 aromatic carbocycles. The first kappa shape index (κ1) is 30.1. The molecule has 0 unspecified atom stereocenters. The van der Waals surface area contributed by atoms with Crippen molar-refractivity contribution in [2.24, 2.45) is 0 Å². The zero-order chi connectivity index (χ0) is 31.2. The zero-order valence-electron chi connectivity index (χ0n) is 22.8. The molecule has 5 aromatic rings. The van der Waals surface area contributed by atoms with Gasteiger partial charge in [0.05, 0.1) is 38.8 Å². The van der Waals surface area contributed by atoms with Crippen LogP contribution in [0, 0.1) is 24.1 Å². The first-order valence-corrected chi connectivity index (χ1v) is 15.1. The van der Waals surface area contributed by atoms with Crippen molar-refractivity contribution in [3.05, 3.63) is 80.1 Å². The average Bonchev–Trinajstić information content (AvgIpc) is 3.39. The first-order chi connectivity index (χ1) is 20.4. The van der Waals surface area contributed by atoms with Gasteiger partial charge in [-0.05, 0) is 31.2 Å². The molecule has 11 nitrogen and oxygen atoms in total. The molecular formula is C28H21ClFN5O6S2. The lowest BCUT2D eigenvalue weighted by Gasteiger charge is -2.17. The van der Waals surface area contributed by atoms with Crippen molar-refractivity contribution >= 4 is 60.0 Å². The van der Waals surface area contributed by atoms with Crippen molar-refractivity contribution < 1.29 is 27.4 Å². The number of benzene rings is 2. The average molecular weight is 642 g/mol. The quantitative estimate of drug-likeness (QED) is 0.254. The van der Waals surface area contributed by atoms with E-state index in [0.717, 1.165) is 10.4 Å². The van der Waals surface area contributed by atoms with Crippen molar-refractivity contribution in [1.29, 1.82) is 5.26 Å². The summed E-state index contributed by atoms with van der Waals surface area (Å²) in [5.74, 6) is -1.70. The van der Waals surface area contributed by atoms with Gasteiger partial charge in [0.25, 0.3) is 5.56 Å². The van der Waals surface area contributed by atoms with Crippen molar-refractivity contribution in [3.63, 3.8) is 0 Å². The van der Waals surface area contributed by atoms with Gasteiger partial charge in [-0.3, -0.25) is 14.3 Å². The fourth-order valence-corrected chi connectivity index (χ4v) is 6.90. The highest BCUT2D eigenvalue weighted by Gasteiger charge is 2.30. The number of carboxylic acid groups (broad SMARTS) is 1. The van der Waals surface area contributed by atoms with Crippen LogP contribution in [0.1, 0.15) is 21.7 Å². The summed E-state index contributed by atoms with van der Waals surface area (Å²) in [6, 6.07) is 9.15. The van der Waals surface area contributed by atoms with Crippen molar-refractivity contribution in [2.75, 3.05) is 20.7 Å². The number of rotatable bonds is 8. The van der Waals surface area contributed by atoms with Gasteiger partial charge in [0.1, 0.15) is 35.0 Å². The molecule has 3 aromatic heterocycles. The molecule has 220 valence electrons. The predicted octanol–water partition coefficient (Wildman–Crippen LogP) is 4.67. The Kier molecular flexibility index (Phi) is 7.93. The molecule has 0 bridgehead atoms. The lowest BCUT2D eigenvalue weighted by atomic mass is 10.0. The Balaban J connectivity index is 1.54. The minimum atomic E-state index is -4.40. The van der Waals surface area contributed by atoms with E-state index in [-0.39, 0.29) is 35.4 Å². The first-order valence-electron chi connectivity index (χ1n) is 12.4. The third kappa shape index (κ3) is 5.21. The number of halogens is 2. The summed E-state index contributed by atoms with van der Waals surface area (Å²) in [5.41, 5.74) is 0.105. The largest absolute Gasteiger partial charge is 0.491 e. The highest BCUT2D eigenvalue weighted by Crippen LogP contribution is 2.39. The van der Waals surface area contributed by atoms with Gasteiger partial charge in [0.2, 0.25) is 10.0 Å². The van der Waals surface area contributed by atoms with Crippen LogP contribution in [0.2, 0.25) is 5.02 Å². The molecule has 0 aliphatic rings. The fraction of sp³-hybridized carbons (Fsp3) is 0.179. The lowest BCUT2D eigenvalue weighted by molar-refractivity contribution is 0.0699. The van der Waals surface area contributed by atoms with Gasteiger partial charge in [0.15, 0.2) is 0 Å². The molecule has 0 fully saturated rings. The molecule has 0 aliphatic carbocycles. The lowest BCUT2D eigenvalue weighted by Crippen LogP contribution is -2.29. The van der Waals surface area contributed by atoms with Crippen LogP contribution in [0.5, 0.6) is 5.75 Å². The number of aryl methyl sites for hydroxylation is 1. The van der Waals surface area contributed by atoms with Gasteiger partial charge in [0, 0.05) is 47.9 Å². The molecular weight excluding hydrogens is 621 g/mol. The monoisotopic (exact) mass is 641 g/mol. The minimum absolute atomic E-state index is 0.0540. The molecule has 0 radical (unpaired) electrons. The number of ether oxygens (including phenoxy) is 1. The van der Waals surface area contributed by atoms with Crippen molar-refractivity contribution in [3.8, 4) is 22.9 Å². The molecule has 0 saturated heterocycles. The van der Waals surface area contributed by atoms with E-state index in [9.17, 15) is 32.8 Å². The number of aromatic carboxylic acids is 1. The summed E-state index contributed by atoms with van der Waals surface area (Å²) in [6.07, 6.45) is 1.49. The Morgan fingerprint density at radius 3 is 2.67 bits per heavy atom. The number of aromatic nitrogens is 3. The molecule has 0 saturated carbocycles. The second-order valence-electron chi connectivity index (χ2n) is 9.45. The van der Waals surface area contributed by atoms with Crippen LogP contribution in [-0.4, -0.2) is 59.0 Å². The Morgan fingerprint density at radius 2 is 2.00 bits per heavy atom. The van der Waals surface area contributed by atoms with Crippen molar-refractivity contribution in [2.45, 2.75) is 18.4 Å². The zero-order valence-corrected chi connectivity index (χ0v) is 25.1. The van der Waals surface area contributed by atoms with Gasteiger partial charge in [-0.2, -0.15) is 5.26 Å². The number of thiophene rings is 1. The third-order valence-corrected chi connectivity index (χ3v) is 9.80. The molecule has 5 rings (SSSR count). The fourth-order valence-electron chi connectivity index (χ4n) is 4.63. The predicted molar refractivity (Wildman–Crippen MR) is 159 cm³/mol. The number of hydrogen-bond donors (Lipinski definition) is 1. The van der Waals surface area contributed by atoms with E-state index in [0.29, 0.717) is 32.1 Å². The normalized spacial score (nSPS) is 11.7. The number of pyridine rings is 1. The smallest absolute Gasteiger partial charge is 0.338 e. The number of hydrogen-bond acceptors (Lipinski definition) is 9. The number of sulfonamides is 1. The summed E-state index contributed by atoms with van der Waals surface area (Å²) in [6.45, 7) is 1.41. The standard InChI is InChI=1S/C28H21ClFN5O6S2/c1-14-33-21-11-20(30)26(43(39,40)34(2)3)18(12-31)23(21)27(36)35(14)8-9-41-22-5-4-15(29)10-17(22)16-6-7-32-24-19(28(37)38)13-42-25(16)24/h4-7,10-11,13H,8-9H2,1-3H3,(H,37,38). The number of nitrogens with zero attached hydrogens (tertiary/aromatic N) is 5. The minimum Gasteiger partial charge on any atom is -0.491 e. The van der Waals surface area contributed by atoms with E-state index in [1.54, 1.807) is 30.3 Å². The number of carboxylic acids is 1. The Bertz CT molecular complexity index is 2170. The summed E-state index contributed by atoms with van der Waals surface area (Å²) in [7, 11) is -2.02. The molecule has 0 atom stereocenters. The van der Waals surface area contributed by atoms with Crippen LogP contribution >= 0.6 is 22.9 Å². The third-order valence-electron chi connectivity index (χ3n) is 6.68. The highest BCUT2D eigenvalue weighted by molar-refractivity contribution is 7.89. The summed E-state index contributed by atoms with van der Waals surface area (Å²) < 4.78 is 49.2. The number of nitriles is 1. The summed E-state index contributed by atoms with van der Waals surface area (Å²) in [5, 5.41) is 20.9. The van der Waals surface area contributed by atoms with E-state index < -0.39 is 37.8 Å². The van der Waals surface area contributed by atoms with Crippen LogP contribution in [0.3, 0.4) is 0 Å². The van der Waals surface area contributed by atoms with Gasteiger partial charge in [-0.15, -0.1) is 11.3 Å². The summed E-state index contributed by atoms with van der Waals surface area (Å²) >= 11 is 7.51. The SMILES string of the molecule is Cc1nc2cc(F)c(S(=O)(=O)N(C)C)c(C#N)c2c(=O)n1CCOc1ccc(Cl)cc1-c1ccnc2c(C(=O)O)csc12. The molecule has 0 amide bonds. The van der Waals surface area contributed by atoms with E-state index >= 15 is 0 Å². The second-order valence-corrected chi connectivity index (χ2v) is 12.9. The van der Waals surface area contributed by atoms with Crippen LogP contribution < -0.4 is 10.3 Å². The topological polar surface area (TPSA) is 155 Å². The Hall–Kier alpha value is -4.42. The molecule has 1 N–H and O–H groups in total. The molecule has 0 spiro atoms. The molecule has 0 aliphatic heterocycles. The molecule has 3 heterocycles. The maximum Gasteiger partial charge on any atom is 0.338 e. The van der Waals surface area contributed by atoms with E-state index in [1.165, 1.54) is 48.5 Å². The van der Waals surface area contributed by atoms with Crippen molar-refractivity contribution in [1.82, 2.24) is 18.8 Å². The Labute approximate surface area is 253 Å². The maximum absolute atomic E-state index is 15.0. The summed E-state index contributed by atoms with van der Waals surface area (Å²) in [4.78, 5) is 32.8. The van der Waals surface area contributed by atoms with E-state index in [4.69, 9.17) is 16.3 Å². The van der Waals surface area contributed by atoms with Gasteiger partial charge in [-0.25, -0.2) is 26.9 Å². The van der Waals surface area contributed by atoms with Gasteiger partial charge in [-0.1, -0.05) is 11.6 Å². The highest BCUT2D eigenvalue weighted by atomic mass is 35.5. The Morgan fingerprint density at radius 1 is 1.26 bits per heavy atom. The van der Waals surface area contributed by atoms with Crippen LogP contribution in [0.25, 0.3) is 32.2 Å². The van der Waals surface area contributed by atoms with Gasteiger partial charge >= 0.3 is 5.97 Å².